The Morgan fingerprint density at radius 2 is 1.03 bits per heavy atom. The van der Waals surface area contributed by atoms with Crippen LogP contribution in [0.1, 0.15) is 11.1 Å². The SMILES string of the molecule is O=[N+]([O-])c1ccc(N2C(c3ccccc3)=NN=C(c3ccccc3)N2c2ccc(O)cc2)cc1. The van der Waals surface area contributed by atoms with Crippen molar-refractivity contribution in [3.8, 4) is 5.75 Å². The van der Waals surface area contributed by atoms with E-state index in [1.165, 1.54) is 12.1 Å². The van der Waals surface area contributed by atoms with Crippen molar-refractivity contribution in [1.82, 2.24) is 0 Å². The van der Waals surface area contributed by atoms with E-state index in [2.05, 4.69) is 10.2 Å². The van der Waals surface area contributed by atoms with Crippen LogP contribution < -0.4 is 10.0 Å². The van der Waals surface area contributed by atoms with E-state index in [1.807, 2.05) is 70.7 Å². The molecular formula is C26H19N5O3. The zero-order chi connectivity index (χ0) is 23.5. The molecule has 0 radical (unpaired) electrons. The van der Waals surface area contributed by atoms with Gasteiger partial charge in [0.25, 0.3) is 5.69 Å². The van der Waals surface area contributed by atoms with Crippen molar-refractivity contribution >= 4 is 28.7 Å². The number of rotatable bonds is 5. The summed E-state index contributed by atoms with van der Waals surface area (Å²) in [4.78, 5) is 10.8. The monoisotopic (exact) mass is 449 g/mol. The van der Waals surface area contributed by atoms with Gasteiger partial charge in [-0.1, -0.05) is 60.7 Å². The fraction of sp³-hybridized carbons (Fsp3) is 0. The van der Waals surface area contributed by atoms with Gasteiger partial charge >= 0.3 is 0 Å². The van der Waals surface area contributed by atoms with Crippen molar-refractivity contribution < 1.29 is 10.0 Å². The summed E-state index contributed by atoms with van der Waals surface area (Å²) in [5.41, 5.74) is 3.03. The van der Waals surface area contributed by atoms with E-state index in [4.69, 9.17) is 0 Å². The molecule has 0 atom stereocenters. The molecule has 1 aliphatic rings. The fourth-order valence-electron chi connectivity index (χ4n) is 3.69. The van der Waals surface area contributed by atoms with Gasteiger partial charge in [-0.3, -0.25) is 10.1 Å². The molecule has 0 fully saturated rings. The van der Waals surface area contributed by atoms with Crippen molar-refractivity contribution in [1.29, 1.82) is 0 Å². The fourth-order valence-corrected chi connectivity index (χ4v) is 3.69. The molecule has 8 heteroatoms. The third kappa shape index (κ3) is 3.95. The van der Waals surface area contributed by atoms with Crippen molar-refractivity contribution in [3.63, 3.8) is 0 Å². The normalized spacial score (nSPS) is 13.3. The van der Waals surface area contributed by atoms with Gasteiger partial charge in [0.2, 0.25) is 0 Å². The van der Waals surface area contributed by atoms with Crippen molar-refractivity contribution in [2.75, 3.05) is 10.0 Å². The molecule has 0 bridgehead atoms. The average molecular weight is 449 g/mol. The molecule has 4 aromatic rings. The molecule has 5 rings (SSSR count). The first kappa shape index (κ1) is 20.9. The summed E-state index contributed by atoms with van der Waals surface area (Å²) in [5.74, 6) is 1.24. The molecule has 0 aliphatic carbocycles. The van der Waals surface area contributed by atoms with Crippen molar-refractivity contribution in [3.05, 3.63) is 130 Å². The van der Waals surface area contributed by atoms with Gasteiger partial charge in [-0.25, -0.2) is 10.0 Å². The standard InChI is InChI=1S/C26H19N5O3/c32-24-17-15-22(16-18-24)30-26(20-9-5-2-6-10-20)28-27-25(19-7-3-1-4-8-19)29(30)21-11-13-23(14-12-21)31(33)34/h1-18,32H. The number of hydrogen-bond donors (Lipinski definition) is 1. The number of amidine groups is 2. The van der Waals surface area contributed by atoms with Crippen LogP contribution in [0.25, 0.3) is 0 Å². The second kappa shape index (κ2) is 8.87. The Balaban J connectivity index is 1.74. The topological polar surface area (TPSA) is 94.6 Å². The maximum absolute atomic E-state index is 11.2. The summed E-state index contributed by atoms with van der Waals surface area (Å²) >= 11 is 0. The number of phenols is 1. The Bertz CT molecular complexity index is 1370. The minimum absolute atomic E-state index is 0.00732. The predicted octanol–water partition coefficient (Wildman–Crippen LogP) is 5.35. The third-order valence-electron chi connectivity index (χ3n) is 5.30. The number of phenolic OH excluding ortho intramolecular Hbond substituents is 1. The second-order valence-corrected chi connectivity index (χ2v) is 7.49. The number of benzene rings is 4. The highest BCUT2D eigenvalue weighted by molar-refractivity contribution is 6.22. The first-order valence-corrected chi connectivity index (χ1v) is 10.5. The Labute approximate surface area is 195 Å². The molecule has 1 heterocycles. The minimum atomic E-state index is -0.430. The lowest BCUT2D eigenvalue weighted by molar-refractivity contribution is -0.384. The van der Waals surface area contributed by atoms with Crippen LogP contribution in [-0.2, 0) is 0 Å². The van der Waals surface area contributed by atoms with Gasteiger partial charge < -0.3 is 5.11 Å². The van der Waals surface area contributed by atoms with Gasteiger partial charge in [0, 0.05) is 23.3 Å². The average Bonchev–Trinajstić information content (AvgIpc) is 2.89. The van der Waals surface area contributed by atoms with Crippen molar-refractivity contribution in [2.24, 2.45) is 10.2 Å². The van der Waals surface area contributed by atoms with Gasteiger partial charge in [0.1, 0.15) is 5.75 Å². The van der Waals surface area contributed by atoms with Crippen LogP contribution in [-0.4, -0.2) is 21.7 Å². The van der Waals surface area contributed by atoms with E-state index in [-0.39, 0.29) is 11.4 Å². The number of nitrogens with zero attached hydrogens (tertiary/aromatic N) is 5. The molecule has 0 saturated carbocycles. The van der Waals surface area contributed by atoms with E-state index in [9.17, 15) is 15.2 Å². The molecule has 0 amide bonds. The quantitative estimate of drug-likeness (QED) is 0.327. The zero-order valence-corrected chi connectivity index (χ0v) is 17.9. The highest BCUT2D eigenvalue weighted by atomic mass is 16.6. The first-order chi connectivity index (χ1) is 16.6. The minimum Gasteiger partial charge on any atom is -0.508 e. The lowest BCUT2D eigenvalue weighted by Crippen LogP contribution is -2.53. The number of anilines is 2. The van der Waals surface area contributed by atoms with Crippen LogP contribution in [0, 0.1) is 10.1 Å². The number of aromatic hydroxyl groups is 1. The highest BCUT2D eigenvalue weighted by Crippen LogP contribution is 2.32. The Morgan fingerprint density at radius 3 is 1.44 bits per heavy atom. The molecule has 1 aliphatic heterocycles. The maximum Gasteiger partial charge on any atom is 0.269 e. The molecule has 4 aromatic carbocycles. The van der Waals surface area contributed by atoms with E-state index in [0.29, 0.717) is 17.4 Å². The first-order valence-electron chi connectivity index (χ1n) is 10.5. The maximum atomic E-state index is 11.2. The number of nitro groups is 1. The van der Waals surface area contributed by atoms with Crippen molar-refractivity contribution in [2.45, 2.75) is 0 Å². The van der Waals surface area contributed by atoms with Gasteiger partial charge in [0.15, 0.2) is 11.7 Å². The lowest BCUT2D eigenvalue weighted by Gasteiger charge is -2.40. The number of hydrazine groups is 1. The smallest absolute Gasteiger partial charge is 0.269 e. The molecule has 0 spiro atoms. The summed E-state index contributed by atoms with van der Waals surface area (Å²) < 4.78 is 0. The molecule has 8 nitrogen and oxygen atoms in total. The Kier molecular flexibility index (Phi) is 5.45. The summed E-state index contributed by atoms with van der Waals surface area (Å²) in [6.45, 7) is 0. The van der Waals surface area contributed by atoms with Crippen LogP contribution in [0.5, 0.6) is 5.75 Å². The van der Waals surface area contributed by atoms with E-state index in [0.717, 1.165) is 16.8 Å². The van der Waals surface area contributed by atoms with E-state index < -0.39 is 4.92 Å². The van der Waals surface area contributed by atoms with Crippen LogP contribution in [0.4, 0.5) is 17.1 Å². The highest BCUT2D eigenvalue weighted by Gasteiger charge is 2.32. The lowest BCUT2D eigenvalue weighted by atomic mass is 10.1. The number of hydrogen-bond acceptors (Lipinski definition) is 7. The molecule has 0 unspecified atom stereocenters. The number of non-ortho nitro benzene ring substituents is 1. The molecule has 0 saturated heterocycles. The van der Waals surface area contributed by atoms with Gasteiger partial charge in [-0.05, 0) is 36.4 Å². The second-order valence-electron chi connectivity index (χ2n) is 7.49. The molecular weight excluding hydrogens is 430 g/mol. The summed E-state index contributed by atoms with van der Waals surface area (Å²) in [6.07, 6.45) is 0. The van der Waals surface area contributed by atoms with Gasteiger partial charge in [-0.2, -0.15) is 0 Å². The van der Waals surface area contributed by atoms with Gasteiger partial charge in [-0.15, -0.1) is 10.2 Å². The summed E-state index contributed by atoms with van der Waals surface area (Å²) in [7, 11) is 0. The predicted molar refractivity (Wildman–Crippen MR) is 132 cm³/mol. The summed E-state index contributed by atoms with van der Waals surface area (Å²) in [5, 5.41) is 34.0. The summed E-state index contributed by atoms with van der Waals surface area (Å²) in [6, 6.07) is 32.2. The molecule has 34 heavy (non-hydrogen) atoms. The van der Waals surface area contributed by atoms with Gasteiger partial charge in [0.05, 0.1) is 16.3 Å². The Morgan fingerprint density at radius 1 is 0.618 bits per heavy atom. The zero-order valence-electron chi connectivity index (χ0n) is 17.9. The third-order valence-corrected chi connectivity index (χ3v) is 5.30. The van der Waals surface area contributed by atoms with E-state index in [1.54, 1.807) is 36.4 Å². The van der Waals surface area contributed by atoms with Crippen LogP contribution in [0.15, 0.2) is 119 Å². The molecule has 1 N–H and O–H groups in total. The Hall–Kier alpha value is -4.98. The van der Waals surface area contributed by atoms with Crippen LogP contribution in [0.2, 0.25) is 0 Å². The van der Waals surface area contributed by atoms with Crippen LogP contribution in [0.3, 0.4) is 0 Å². The molecule has 0 aromatic heterocycles. The largest absolute Gasteiger partial charge is 0.508 e. The van der Waals surface area contributed by atoms with Crippen LogP contribution >= 0.6 is 0 Å². The van der Waals surface area contributed by atoms with E-state index >= 15 is 0 Å². The number of nitro benzene ring substituents is 1. The molecule has 166 valence electrons.